The van der Waals surface area contributed by atoms with E-state index >= 15 is 0 Å². The molecule has 0 atom stereocenters. The molecule has 0 unspecified atom stereocenters. The van der Waals surface area contributed by atoms with Crippen LogP contribution in [0.15, 0.2) is 82.3 Å². The molecule has 4 heteroatoms. The van der Waals surface area contributed by atoms with Crippen molar-refractivity contribution in [1.29, 1.82) is 0 Å². The van der Waals surface area contributed by atoms with Crippen LogP contribution in [0.1, 0.15) is 22.3 Å². The zero-order chi connectivity index (χ0) is 19.5. The minimum Gasteiger partial charge on any atom is -0.489 e. The summed E-state index contributed by atoms with van der Waals surface area (Å²) in [4.78, 5) is 11.6. The van der Waals surface area contributed by atoms with Gasteiger partial charge in [0.05, 0.1) is 0 Å². The van der Waals surface area contributed by atoms with E-state index in [0.717, 1.165) is 23.1 Å². The number of hydrogen-bond donors (Lipinski definition) is 0. The lowest BCUT2D eigenvalue weighted by atomic mass is 10.1. The summed E-state index contributed by atoms with van der Waals surface area (Å²) in [6.07, 6.45) is 4.13. The molecule has 0 aliphatic heterocycles. The smallest absolute Gasteiger partial charge is 0.336 e. The Kier molecular flexibility index (Phi) is 4.94. The Labute approximate surface area is 163 Å². The summed E-state index contributed by atoms with van der Waals surface area (Å²) in [5, 5.41) is 0.920. The van der Waals surface area contributed by atoms with Crippen molar-refractivity contribution in [2.45, 2.75) is 27.0 Å². The number of pyridine rings is 1. The molecule has 4 rings (SSSR count). The van der Waals surface area contributed by atoms with Crippen molar-refractivity contribution in [3.05, 3.63) is 106 Å². The summed E-state index contributed by atoms with van der Waals surface area (Å²) in [6.45, 7) is 5.32. The molecule has 4 aromatic rings. The van der Waals surface area contributed by atoms with Crippen LogP contribution in [0.4, 0.5) is 0 Å². The monoisotopic (exact) mass is 372 g/mol. The average Bonchev–Trinajstić information content (AvgIpc) is 2.69. The average molecular weight is 372 g/mol. The number of nitrogens with zero attached hydrogens (tertiary/aromatic N) is 1. The Morgan fingerprint density at radius 1 is 0.929 bits per heavy atom. The predicted molar refractivity (Wildman–Crippen MR) is 108 cm³/mol. The van der Waals surface area contributed by atoms with E-state index in [9.17, 15) is 4.79 Å². The molecule has 2 heterocycles. The molecule has 0 amide bonds. The minimum absolute atomic E-state index is 0.344. The summed E-state index contributed by atoms with van der Waals surface area (Å²) >= 11 is 0. The van der Waals surface area contributed by atoms with Gasteiger partial charge in [0.1, 0.15) is 17.9 Å². The van der Waals surface area contributed by atoms with Crippen LogP contribution in [0.25, 0.3) is 11.0 Å². The van der Waals surface area contributed by atoms with Gasteiger partial charge in [-0.05, 0) is 37.1 Å². The van der Waals surface area contributed by atoms with Crippen molar-refractivity contribution in [3.63, 3.8) is 0 Å². The van der Waals surface area contributed by atoms with Gasteiger partial charge in [0.2, 0.25) is 0 Å². The van der Waals surface area contributed by atoms with Crippen LogP contribution in [-0.4, -0.2) is 0 Å². The van der Waals surface area contributed by atoms with Crippen LogP contribution in [0.5, 0.6) is 5.75 Å². The number of aromatic nitrogens is 1. The van der Waals surface area contributed by atoms with Crippen molar-refractivity contribution in [2.24, 2.45) is 0 Å². The highest BCUT2D eigenvalue weighted by atomic mass is 16.5. The fourth-order valence-corrected chi connectivity index (χ4v) is 3.24. The Morgan fingerprint density at radius 3 is 2.50 bits per heavy atom. The Hall–Kier alpha value is -3.40. The van der Waals surface area contributed by atoms with Gasteiger partial charge >= 0.3 is 5.63 Å². The number of benzene rings is 2. The van der Waals surface area contributed by atoms with Gasteiger partial charge in [-0.2, -0.15) is 0 Å². The van der Waals surface area contributed by atoms with Crippen LogP contribution < -0.4 is 14.9 Å². The predicted octanol–water partition coefficient (Wildman–Crippen LogP) is 4.32. The Morgan fingerprint density at radius 2 is 1.71 bits per heavy atom. The summed E-state index contributed by atoms with van der Waals surface area (Å²) < 4.78 is 13.3. The molecular formula is C24H22NO3+. The second-order valence-electron chi connectivity index (χ2n) is 7.00. The summed E-state index contributed by atoms with van der Waals surface area (Å²) in [6, 6.07) is 19.6. The molecule has 28 heavy (non-hydrogen) atoms. The molecule has 0 saturated carbocycles. The second kappa shape index (κ2) is 7.69. The number of rotatable bonds is 5. The summed E-state index contributed by atoms with van der Waals surface area (Å²) in [7, 11) is 0. The zero-order valence-corrected chi connectivity index (χ0v) is 16.0. The van der Waals surface area contributed by atoms with E-state index in [1.54, 1.807) is 6.07 Å². The summed E-state index contributed by atoms with van der Waals surface area (Å²) in [5.74, 6) is 0.679. The largest absolute Gasteiger partial charge is 0.489 e. The molecule has 0 saturated heterocycles. The minimum atomic E-state index is -0.344. The lowest BCUT2D eigenvalue weighted by Gasteiger charge is -2.08. The first-order chi connectivity index (χ1) is 13.6. The van der Waals surface area contributed by atoms with Gasteiger partial charge in [-0.1, -0.05) is 24.3 Å². The normalized spacial score (nSPS) is 10.9. The number of hydrogen-bond acceptors (Lipinski definition) is 3. The Balaban J connectivity index is 1.44. The molecule has 0 fully saturated rings. The van der Waals surface area contributed by atoms with E-state index in [2.05, 4.69) is 60.3 Å². The molecule has 0 spiro atoms. The van der Waals surface area contributed by atoms with Gasteiger partial charge in [0, 0.05) is 40.8 Å². The molecule has 4 nitrogen and oxygen atoms in total. The van der Waals surface area contributed by atoms with E-state index < -0.39 is 0 Å². The zero-order valence-electron chi connectivity index (χ0n) is 16.0. The van der Waals surface area contributed by atoms with Gasteiger partial charge in [-0.15, -0.1) is 0 Å². The highest BCUT2D eigenvalue weighted by Gasteiger charge is 2.07. The summed E-state index contributed by atoms with van der Waals surface area (Å²) in [5.41, 5.74) is 4.78. The topological polar surface area (TPSA) is 43.3 Å². The highest BCUT2D eigenvalue weighted by molar-refractivity contribution is 5.81. The molecule has 0 N–H and O–H groups in total. The van der Waals surface area contributed by atoms with Crippen LogP contribution in [-0.2, 0) is 13.2 Å². The van der Waals surface area contributed by atoms with Crippen LogP contribution in [0.2, 0.25) is 0 Å². The SMILES string of the molecule is Cc1ccccc1C[n+]1ccc(COc2ccc3c(C)cc(=O)oc3c2)cc1. The van der Waals surface area contributed by atoms with Gasteiger partial charge in [0.25, 0.3) is 0 Å². The van der Waals surface area contributed by atoms with Gasteiger partial charge in [0.15, 0.2) is 18.9 Å². The maximum Gasteiger partial charge on any atom is 0.336 e. The third-order valence-corrected chi connectivity index (χ3v) is 4.90. The second-order valence-corrected chi connectivity index (χ2v) is 7.00. The fourth-order valence-electron chi connectivity index (χ4n) is 3.24. The molecule has 2 aromatic carbocycles. The van der Waals surface area contributed by atoms with E-state index in [-0.39, 0.29) is 5.63 Å². The Bertz CT molecular complexity index is 1180. The van der Waals surface area contributed by atoms with Gasteiger partial charge in [-0.3, -0.25) is 0 Å². The van der Waals surface area contributed by atoms with E-state index in [4.69, 9.17) is 9.15 Å². The number of ether oxygens (including phenoxy) is 1. The van der Waals surface area contributed by atoms with Gasteiger partial charge in [-0.25, -0.2) is 9.36 Å². The molecule has 140 valence electrons. The number of aryl methyl sites for hydroxylation is 2. The first-order valence-corrected chi connectivity index (χ1v) is 9.28. The quantitative estimate of drug-likeness (QED) is 0.387. The fraction of sp³-hybridized carbons (Fsp3) is 0.167. The lowest BCUT2D eigenvalue weighted by molar-refractivity contribution is -0.688. The van der Waals surface area contributed by atoms with Crippen molar-refractivity contribution >= 4 is 11.0 Å². The molecule has 0 radical (unpaired) electrons. The van der Waals surface area contributed by atoms with E-state index in [1.807, 2.05) is 19.1 Å². The standard InChI is InChI=1S/C24H22NO3/c1-17-5-3-4-6-20(17)15-25-11-9-19(10-12-25)16-27-21-7-8-22-18(2)13-24(26)28-23(22)14-21/h3-14H,15-16H2,1-2H3/q+1. The first kappa shape index (κ1) is 18.0. The lowest BCUT2D eigenvalue weighted by Crippen LogP contribution is -2.33. The number of fused-ring (bicyclic) bond motifs is 1. The third kappa shape index (κ3) is 3.96. The van der Waals surface area contributed by atoms with E-state index in [1.165, 1.54) is 17.2 Å². The molecule has 0 aliphatic rings. The maximum absolute atomic E-state index is 11.6. The van der Waals surface area contributed by atoms with Crippen LogP contribution in [0.3, 0.4) is 0 Å². The molecule has 0 bridgehead atoms. The van der Waals surface area contributed by atoms with Crippen LogP contribution >= 0.6 is 0 Å². The van der Waals surface area contributed by atoms with Crippen LogP contribution in [0, 0.1) is 13.8 Å². The first-order valence-electron chi connectivity index (χ1n) is 9.28. The molecule has 0 aliphatic carbocycles. The van der Waals surface area contributed by atoms with Crippen molar-refractivity contribution in [1.82, 2.24) is 0 Å². The van der Waals surface area contributed by atoms with Gasteiger partial charge < -0.3 is 9.15 Å². The highest BCUT2D eigenvalue weighted by Crippen LogP contribution is 2.22. The van der Waals surface area contributed by atoms with Crippen molar-refractivity contribution in [2.75, 3.05) is 0 Å². The maximum atomic E-state index is 11.6. The molecule has 2 aromatic heterocycles. The van der Waals surface area contributed by atoms with Crippen molar-refractivity contribution in [3.8, 4) is 5.75 Å². The van der Waals surface area contributed by atoms with E-state index in [0.29, 0.717) is 17.9 Å². The molecular weight excluding hydrogens is 350 g/mol. The van der Waals surface area contributed by atoms with Crippen molar-refractivity contribution < 1.29 is 13.7 Å². The third-order valence-electron chi connectivity index (χ3n) is 4.90.